The van der Waals surface area contributed by atoms with Crippen LogP contribution in [-0.4, -0.2) is 60.8 Å². The SMILES string of the molecule is COC[C@@H](CCO)c1cc2ccc3c(c2oc1=O)[C@H]1OC(=O)C[C@H]2C[C@@H](c4cccc(Cc5ccccc5)c4)CC[C@H]2c2ccc(cc2)CC/C(=C(\C)CO)C(=O)O[C@@H]1[C@](C)(C1CCCCC1)O3. The molecule has 2 bridgehead atoms. The quantitative estimate of drug-likeness (QED) is 0.0790. The van der Waals surface area contributed by atoms with Crippen LogP contribution < -0.4 is 10.4 Å². The lowest BCUT2D eigenvalue weighted by Gasteiger charge is -2.50. The average molecular weight is 923 g/mol. The fourth-order valence-electron chi connectivity index (χ4n) is 12.0. The summed E-state index contributed by atoms with van der Waals surface area (Å²) in [7, 11) is 1.55. The van der Waals surface area contributed by atoms with Crippen molar-refractivity contribution in [1.82, 2.24) is 0 Å². The van der Waals surface area contributed by atoms with Gasteiger partial charge in [-0.2, -0.15) is 0 Å². The lowest BCUT2D eigenvalue weighted by atomic mass is 9.68. The van der Waals surface area contributed by atoms with Crippen molar-refractivity contribution in [2.45, 2.75) is 133 Å². The summed E-state index contributed by atoms with van der Waals surface area (Å²) in [6.45, 7) is 3.44. The third kappa shape index (κ3) is 9.96. The highest BCUT2D eigenvalue weighted by molar-refractivity contribution is 5.90. The molecule has 0 unspecified atom stereocenters. The zero-order valence-corrected chi connectivity index (χ0v) is 39.8. The highest BCUT2D eigenvalue weighted by Gasteiger charge is 2.56. The predicted molar refractivity (Wildman–Crippen MR) is 261 cm³/mol. The Labute approximate surface area is 399 Å². The van der Waals surface area contributed by atoms with E-state index in [0.717, 1.165) is 63.4 Å². The lowest BCUT2D eigenvalue weighted by molar-refractivity contribution is -0.201. The second-order valence-corrected chi connectivity index (χ2v) is 20.1. The first-order valence-corrected chi connectivity index (χ1v) is 24.9. The first-order chi connectivity index (χ1) is 33.1. The fourth-order valence-corrected chi connectivity index (χ4v) is 12.0. The number of aryl methyl sites for hydroxylation is 1. The zero-order chi connectivity index (χ0) is 47.4. The molecule has 0 spiro atoms. The van der Waals surface area contributed by atoms with Crippen molar-refractivity contribution in [3.8, 4) is 5.75 Å². The van der Waals surface area contributed by atoms with E-state index >= 15 is 4.79 Å². The summed E-state index contributed by atoms with van der Waals surface area (Å²) in [4.78, 5) is 44.0. The van der Waals surface area contributed by atoms with Gasteiger partial charge in [-0.25, -0.2) is 9.59 Å². The topological polar surface area (TPSA) is 142 Å². The molecule has 2 aliphatic carbocycles. The molecule has 358 valence electrons. The van der Waals surface area contributed by atoms with Crippen LogP contribution in [0.5, 0.6) is 5.75 Å². The van der Waals surface area contributed by atoms with Crippen LogP contribution in [0, 0.1) is 11.8 Å². The number of rotatable bonds is 10. The highest BCUT2D eigenvalue weighted by Crippen LogP contribution is 2.53. The van der Waals surface area contributed by atoms with Gasteiger partial charge in [0.05, 0.1) is 18.8 Å². The maximum Gasteiger partial charge on any atom is 0.339 e. The molecule has 2 fully saturated rings. The van der Waals surface area contributed by atoms with Crippen LogP contribution in [0.25, 0.3) is 11.0 Å². The standard InChI is InChI=1S/C58H66O10/c1-36(34-60)47-24-19-37-17-20-40(21-18-37)48-25-22-42(41-14-10-13-39(30-41)29-38-11-6-4-7-12-38)31-45(48)33-51(61)65-54-52-50(68-58(2,55(54)67-56(47)62)46-15-8-5-9-16-46)26-23-43-32-49(57(63)66-53(43)52)44(27-28-59)35-64-3/h4,6-7,10-14,17-18,20-21,23,26,30,32,42,44-46,48,54-55,59-60H,5,8-9,15-16,19,22,24-25,27-29,31,33-35H2,1-3H3/b47-36-/t42-,44+,45+,48-,54+,55-,58-/m0/s1. The monoisotopic (exact) mass is 922 g/mol. The lowest BCUT2D eigenvalue weighted by Crippen LogP contribution is -2.58. The van der Waals surface area contributed by atoms with Gasteiger partial charge in [0.2, 0.25) is 0 Å². The third-order valence-electron chi connectivity index (χ3n) is 15.7. The number of ether oxygens (including phenoxy) is 4. The Kier molecular flexibility index (Phi) is 14.7. The number of hydrogen-bond donors (Lipinski definition) is 2. The van der Waals surface area contributed by atoms with Crippen LogP contribution in [0.4, 0.5) is 0 Å². The van der Waals surface area contributed by atoms with Gasteiger partial charge in [-0.05, 0) is 141 Å². The minimum absolute atomic E-state index is 0.0576. The van der Waals surface area contributed by atoms with E-state index in [4.69, 9.17) is 23.4 Å². The molecule has 10 rings (SSSR count). The van der Waals surface area contributed by atoms with Crippen LogP contribution in [0.15, 0.2) is 117 Å². The van der Waals surface area contributed by atoms with Crippen LogP contribution in [0.3, 0.4) is 0 Å². The molecule has 10 heteroatoms. The van der Waals surface area contributed by atoms with Crippen LogP contribution in [0.2, 0.25) is 0 Å². The molecule has 2 N–H and O–H groups in total. The van der Waals surface area contributed by atoms with Gasteiger partial charge in [0.25, 0.3) is 0 Å². The van der Waals surface area contributed by atoms with Gasteiger partial charge >= 0.3 is 17.6 Å². The molecule has 10 nitrogen and oxygen atoms in total. The molecule has 4 heterocycles. The number of aliphatic hydroxyl groups is 2. The smallest absolute Gasteiger partial charge is 0.339 e. The van der Waals surface area contributed by atoms with Crippen molar-refractivity contribution < 1.29 is 43.2 Å². The zero-order valence-electron chi connectivity index (χ0n) is 39.8. The van der Waals surface area contributed by atoms with E-state index in [-0.39, 0.29) is 55.5 Å². The third-order valence-corrected chi connectivity index (χ3v) is 15.7. The van der Waals surface area contributed by atoms with Crippen LogP contribution >= 0.6 is 0 Å². The molecular formula is C58H66O10. The van der Waals surface area contributed by atoms with E-state index in [2.05, 4.69) is 72.8 Å². The Morgan fingerprint density at radius 2 is 1.60 bits per heavy atom. The van der Waals surface area contributed by atoms with Gasteiger partial charge in [0.15, 0.2) is 12.2 Å². The summed E-state index contributed by atoms with van der Waals surface area (Å²) in [6, 6.07) is 33.4. The minimum Gasteiger partial charge on any atom is -0.483 e. The number of esters is 2. The Bertz CT molecular complexity index is 2660. The maximum absolute atomic E-state index is 15.2. The van der Waals surface area contributed by atoms with E-state index in [1.165, 1.54) is 22.3 Å². The Balaban J connectivity index is 1.15. The molecule has 5 aliphatic rings. The highest BCUT2D eigenvalue weighted by atomic mass is 16.6. The van der Waals surface area contributed by atoms with Gasteiger partial charge < -0.3 is 33.6 Å². The Hall–Kier alpha value is -5.55. The van der Waals surface area contributed by atoms with E-state index in [1.807, 2.05) is 25.1 Å². The second-order valence-electron chi connectivity index (χ2n) is 20.1. The molecular weight excluding hydrogens is 857 g/mol. The number of methoxy groups -OCH3 is 1. The summed E-state index contributed by atoms with van der Waals surface area (Å²) in [5, 5.41) is 20.9. The minimum atomic E-state index is -1.21. The van der Waals surface area contributed by atoms with E-state index in [9.17, 15) is 19.8 Å². The van der Waals surface area contributed by atoms with E-state index < -0.39 is 41.3 Å². The molecule has 5 aromatic rings. The van der Waals surface area contributed by atoms with Crippen molar-refractivity contribution in [2.75, 3.05) is 26.9 Å². The molecule has 0 saturated heterocycles. The second kappa shape index (κ2) is 21.0. The molecule has 2 saturated carbocycles. The van der Waals surface area contributed by atoms with Crippen molar-refractivity contribution in [3.05, 3.63) is 158 Å². The normalized spacial score (nSPS) is 25.9. The Morgan fingerprint density at radius 1 is 0.824 bits per heavy atom. The van der Waals surface area contributed by atoms with Crippen LogP contribution in [-0.2, 0) is 36.6 Å². The number of carbonyl (C=O) groups is 2. The first-order valence-electron chi connectivity index (χ1n) is 24.9. The van der Waals surface area contributed by atoms with Gasteiger partial charge in [-0.3, -0.25) is 4.79 Å². The van der Waals surface area contributed by atoms with Crippen LogP contribution in [0.1, 0.15) is 147 Å². The summed E-state index contributed by atoms with van der Waals surface area (Å²) in [5.74, 6) is -0.862. The molecule has 3 aliphatic heterocycles. The maximum atomic E-state index is 15.2. The summed E-state index contributed by atoms with van der Waals surface area (Å²) >= 11 is 0. The Morgan fingerprint density at radius 3 is 2.35 bits per heavy atom. The van der Waals surface area contributed by atoms with Crippen molar-refractivity contribution >= 4 is 22.9 Å². The van der Waals surface area contributed by atoms with Crippen molar-refractivity contribution in [1.29, 1.82) is 0 Å². The largest absolute Gasteiger partial charge is 0.483 e. The molecule has 0 radical (unpaired) electrons. The average Bonchev–Trinajstić information content (AvgIpc) is 3.35. The van der Waals surface area contributed by atoms with Gasteiger partial charge in [0, 0.05) is 48.5 Å². The van der Waals surface area contributed by atoms with E-state index in [1.54, 1.807) is 20.1 Å². The molecule has 4 aromatic carbocycles. The van der Waals surface area contributed by atoms with Crippen molar-refractivity contribution in [2.24, 2.45) is 11.8 Å². The molecule has 68 heavy (non-hydrogen) atoms. The molecule has 0 amide bonds. The number of benzene rings is 4. The van der Waals surface area contributed by atoms with Gasteiger partial charge in [-0.15, -0.1) is 0 Å². The van der Waals surface area contributed by atoms with E-state index in [0.29, 0.717) is 52.7 Å². The molecule has 1 aromatic heterocycles. The summed E-state index contributed by atoms with van der Waals surface area (Å²) in [6.07, 6.45) is 7.11. The number of fused-ring (bicyclic) bond motifs is 11. The molecule has 7 atom stereocenters. The number of carbonyl (C=O) groups excluding carboxylic acids is 2. The number of hydrogen-bond acceptors (Lipinski definition) is 10. The first kappa shape index (κ1) is 47.5. The van der Waals surface area contributed by atoms with Gasteiger partial charge in [-0.1, -0.05) is 98.1 Å². The van der Waals surface area contributed by atoms with Crippen molar-refractivity contribution in [3.63, 3.8) is 0 Å². The summed E-state index contributed by atoms with van der Waals surface area (Å²) < 4.78 is 32.4. The fraction of sp³-hybridized carbons (Fsp3) is 0.466. The van der Waals surface area contributed by atoms with Gasteiger partial charge in [0.1, 0.15) is 16.9 Å². The predicted octanol–water partition coefficient (Wildman–Crippen LogP) is 10.7. The summed E-state index contributed by atoms with van der Waals surface area (Å²) in [5.41, 5.74) is 6.02. The number of aliphatic hydroxyl groups excluding tert-OH is 2.